The summed E-state index contributed by atoms with van der Waals surface area (Å²) in [4.78, 5) is 16.7. The smallest absolute Gasteiger partial charge is 0.273 e. The van der Waals surface area contributed by atoms with E-state index in [9.17, 15) is 8.78 Å². The first kappa shape index (κ1) is 24.3. The summed E-state index contributed by atoms with van der Waals surface area (Å²) in [7, 11) is 0. The van der Waals surface area contributed by atoms with E-state index >= 15 is 0 Å². The number of rotatable bonds is 9. The van der Waals surface area contributed by atoms with Gasteiger partial charge in [-0.3, -0.25) is 0 Å². The van der Waals surface area contributed by atoms with E-state index in [1.54, 1.807) is 36.7 Å². The Kier molecular flexibility index (Phi) is 7.64. The van der Waals surface area contributed by atoms with Gasteiger partial charge in [0.2, 0.25) is 0 Å². The second kappa shape index (κ2) is 11.0. The summed E-state index contributed by atoms with van der Waals surface area (Å²) in [6.07, 6.45) is 10.5. The number of fused-ring (bicyclic) bond motifs is 1. The van der Waals surface area contributed by atoms with Gasteiger partial charge in [-0.05, 0) is 43.5 Å². The van der Waals surface area contributed by atoms with Gasteiger partial charge in [0.1, 0.15) is 35.7 Å². The molecule has 0 atom stereocenters. The van der Waals surface area contributed by atoms with Crippen LogP contribution in [0.3, 0.4) is 0 Å². The van der Waals surface area contributed by atoms with Crippen molar-refractivity contribution >= 4 is 17.0 Å². The number of hydrogen-bond donors (Lipinski definition) is 1. The molecule has 0 amide bonds. The number of aromatic nitrogens is 4. The van der Waals surface area contributed by atoms with E-state index in [0.717, 1.165) is 12.0 Å². The quantitative estimate of drug-likeness (QED) is 0.384. The zero-order valence-electron chi connectivity index (χ0n) is 19.7. The van der Waals surface area contributed by atoms with Gasteiger partial charge in [-0.15, -0.1) is 0 Å². The third-order valence-electron chi connectivity index (χ3n) is 5.52. The molecule has 9 heteroatoms. The van der Waals surface area contributed by atoms with Crippen LogP contribution in [-0.2, 0) is 0 Å². The number of allylic oxidation sites excluding steroid dienone is 5. The maximum atomic E-state index is 14.4. The van der Waals surface area contributed by atoms with Gasteiger partial charge in [0.15, 0.2) is 11.5 Å². The molecular formula is C26H27F2N5O2. The molecule has 35 heavy (non-hydrogen) atoms. The molecule has 2 aromatic heterocycles. The average molecular weight is 480 g/mol. The van der Waals surface area contributed by atoms with Crippen LogP contribution < -0.4 is 14.8 Å². The maximum absolute atomic E-state index is 14.4. The predicted molar refractivity (Wildman–Crippen MR) is 131 cm³/mol. The van der Waals surface area contributed by atoms with E-state index < -0.39 is 5.92 Å². The Labute approximate surface area is 202 Å². The van der Waals surface area contributed by atoms with Gasteiger partial charge in [0.25, 0.3) is 5.92 Å². The number of ether oxygens (including phenoxy) is 2. The summed E-state index contributed by atoms with van der Waals surface area (Å²) in [5.74, 6) is -0.782. The van der Waals surface area contributed by atoms with Crippen molar-refractivity contribution in [1.29, 1.82) is 0 Å². The third-order valence-corrected chi connectivity index (χ3v) is 5.52. The molecule has 4 rings (SSSR count). The molecule has 1 aliphatic carbocycles. The van der Waals surface area contributed by atoms with Crippen LogP contribution in [-0.4, -0.2) is 39.0 Å². The fraction of sp³-hybridized carbons (Fsp3) is 0.308. The number of nitrogens with zero attached hydrogens (tertiary/aromatic N) is 4. The van der Waals surface area contributed by atoms with Crippen molar-refractivity contribution in [3.05, 3.63) is 78.1 Å². The molecule has 3 aromatic rings. The van der Waals surface area contributed by atoms with Gasteiger partial charge in [-0.2, -0.15) is 0 Å². The minimum absolute atomic E-state index is 0.0468. The number of alkyl halides is 2. The predicted octanol–water partition coefficient (Wildman–Crippen LogP) is 5.89. The van der Waals surface area contributed by atoms with Crippen molar-refractivity contribution in [1.82, 2.24) is 19.9 Å². The van der Waals surface area contributed by atoms with E-state index in [-0.39, 0.29) is 12.0 Å². The first-order valence-electron chi connectivity index (χ1n) is 11.5. The Morgan fingerprint density at radius 1 is 1.09 bits per heavy atom. The van der Waals surface area contributed by atoms with Gasteiger partial charge in [-0.1, -0.05) is 25.1 Å². The fourth-order valence-corrected chi connectivity index (χ4v) is 3.51. The van der Waals surface area contributed by atoms with E-state index in [4.69, 9.17) is 9.47 Å². The van der Waals surface area contributed by atoms with Crippen LogP contribution in [0.5, 0.6) is 11.5 Å². The summed E-state index contributed by atoms with van der Waals surface area (Å²) < 4.78 is 40.7. The van der Waals surface area contributed by atoms with Crippen LogP contribution >= 0.6 is 0 Å². The highest BCUT2D eigenvalue weighted by atomic mass is 19.3. The Morgan fingerprint density at radius 2 is 1.91 bits per heavy atom. The van der Waals surface area contributed by atoms with Crippen LogP contribution in [0, 0.1) is 0 Å². The molecule has 1 aromatic carbocycles. The van der Waals surface area contributed by atoms with Crippen molar-refractivity contribution in [2.75, 3.05) is 18.5 Å². The van der Waals surface area contributed by atoms with E-state index in [2.05, 4.69) is 25.3 Å². The van der Waals surface area contributed by atoms with Crippen molar-refractivity contribution in [2.24, 2.45) is 0 Å². The van der Waals surface area contributed by atoms with Gasteiger partial charge < -0.3 is 14.8 Å². The lowest BCUT2D eigenvalue weighted by Gasteiger charge is -2.19. The van der Waals surface area contributed by atoms with Gasteiger partial charge >= 0.3 is 0 Å². The van der Waals surface area contributed by atoms with Crippen LogP contribution in [0.25, 0.3) is 11.2 Å². The molecule has 0 fully saturated rings. The molecule has 1 N–H and O–H groups in total. The summed E-state index contributed by atoms with van der Waals surface area (Å²) >= 11 is 0. The maximum Gasteiger partial charge on any atom is 0.273 e. The number of halogens is 2. The molecule has 0 unspecified atom stereocenters. The summed E-state index contributed by atoms with van der Waals surface area (Å²) in [5.41, 5.74) is 1.96. The van der Waals surface area contributed by atoms with Crippen LogP contribution in [0.1, 0.15) is 33.1 Å². The topological polar surface area (TPSA) is 82.0 Å². The van der Waals surface area contributed by atoms with Gasteiger partial charge in [0, 0.05) is 30.5 Å². The third kappa shape index (κ3) is 6.17. The van der Waals surface area contributed by atoms with Crippen LogP contribution in [0.4, 0.5) is 14.6 Å². The van der Waals surface area contributed by atoms with Crippen LogP contribution in [0.2, 0.25) is 0 Å². The summed E-state index contributed by atoms with van der Waals surface area (Å²) in [6, 6.07) is 7.13. The van der Waals surface area contributed by atoms with Crippen molar-refractivity contribution in [2.45, 2.75) is 39.0 Å². The first-order chi connectivity index (χ1) is 17.0. The average Bonchev–Trinajstić information content (AvgIpc) is 2.86. The molecule has 0 saturated heterocycles. The summed E-state index contributed by atoms with van der Waals surface area (Å²) in [5, 5.41) is 3.18. The monoisotopic (exact) mass is 479 g/mol. The molecule has 2 heterocycles. The highest BCUT2D eigenvalue weighted by molar-refractivity contribution is 5.81. The van der Waals surface area contributed by atoms with Gasteiger partial charge in [0.05, 0.1) is 6.54 Å². The Morgan fingerprint density at radius 3 is 2.77 bits per heavy atom. The minimum Gasteiger partial charge on any atom is -0.492 e. The highest BCUT2D eigenvalue weighted by Crippen LogP contribution is 2.33. The largest absolute Gasteiger partial charge is 0.492 e. The lowest BCUT2D eigenvalue weighted by molar-refractivity contribution is 0.0411. The summed E-state index contributed by atoms with van der Waals surface area (Å²) in [6.45, 7) is 4.21. The highest BCUT2D eigenvalue weighted by Gasteiger charge is 2.31. The SMILES string of the molecule is CCC(F)(F)C1=CC(Oc2cccc(OCCNc3ncnc4nccnc34)c2)=C(C)CCC=C1. The number of hydrogen-bond acceptors (Lipinski definition) is 7. The van der Waals surface area contributed by atoms with Crippen molar-refractivity contribution in [3.8, 4) is 11.5 Å². The normalized spacial score (nSPS) is 14.3. The molecule has 0 bridgehead atoms. The van der Waals surface area contributed by atoms with Crippen LogP contribution in [0.15, 0.2) is 78.1 Å². The van der Waals surface area contributed by atoms with E-state index in [0.29, 0.717) is 53.8 Å². The molecule has 0 aliphatic heterocycles. The second-order valence-electron chi connectivity index (χ2n) is 8.05. The zero-order chi connectivity index (χ0) is 24.7. The molecule has 7 nitrogen and oxygen atoms in total. The molecule has 0 spiro atoms. The second-order valence-corrected chi connectivity index (χ2v) is 8.05. The van der Waals surface area contributed by atoms with Crippen molar-refractivity contribution < 1.29 is 18.3 Å². The number of anilines is 1. The standard InChI is InChI=1S/C26H27F2N5O2/c1-3-26(27,28)19-8-5-4-7-18(2)22(15-19)35-21-10-6-9-20(16-21)34-14-13-31-25-23-24(32-17-33-25)30-12-11-29-23/h5-6,8-12,15-17H,3-4,7,13-14H2,1-2H3,(H,30,31,32,33). The molecular weight excluding hydrogens is 452 g/mol. The Bertz CT molecular complexity index is 1270. The lowest BCUT2D eigenvalue weighted by Crippen LogP contribution is -2.18. The fourth-order valence-electron chi connectivity index (χ4n) is 3.51. The zero-order valence-corrected chi connectivity index (χ0v) is 19.7. The minimum atomic E-state index is -2.92. The first-order valence-corrected chi connectivity index (χ1v) is 11.5. The molecule has 0 radical (unpaired) electrons. The Hall–Kier alpha value is -3.88. The molecule has 1 aliphatic rings. The molecule has 0 saturated carbocycles. The molecule has 182 valence electrons. The van der Waals surface area contributed by atoms with E-state index in [1.165, 1.54) is 25.4 Å². The number of benzene rings is 1. The van der Waals surface area contributed by atoms with E-state index in [1.807, 2.05) is 13.0 Å². The van der Waals surface area contributed by atoms with Crippen molar-refractivity contribution in [3.63, 3.8) is 0 Å². The lowest BCUT2D eigenvalue weighted by atomic mass is 9.99. The number of nitrogens with one attached hydrogen (secondary N) is 1. The van der Waals surface area contributed by atoms with Gasteiger partial charge in [-0.25, -0.2) is 28.7 Å². The Balaban J connectivity index is 1.41.